The number of ether oxygens (including phenoxy) is 3. The molecule has 0 aliphatic carbocycles. The van der Waals surface area contributed by atoms with Crippen molar-refractivity contribution in [2.24, 2.45) is 0 Å². The van der Waals surface area contributed by atoms with Crippen molar-refractivity contribution < 1.29 is 19.0 Å². The Balaban J connectivity index is 1.61. The van der Waals surface area contributed by atoms with Gasteiger partial charge in [-0.15, -0.1) is 0 Å². The number of piperazine rings is 1. The predicted molar refractivity (Wildman–Crippen MR) is 108 cm³/mol. The third kappa shape index (κ3) is 5.15. The van der Waals surface area contributed by atoms with Gasteiger partial charge in [-0.2, -0.15) is 0 Å². The van der Waals surface area contributed by atoms with Crippen LogP contribution in [0.5, 0.6) is 11.5 Å². The molecule has 0 radical (unpaired) electrons. The third-order valence-corrected chi connectivity index (χ3v) is 5.66. The summed E-state index contributed by atoms with van der Waals surface area (Å²) >= 11 is 3.52. The van der Waals surface area contributed by atoms with E-state index in [1.807, 2.05) is 11.0 Å². The van der Waals surface area contributed by atoms with Crippen LogP contribution < -0.4 is 9.47 Å². The average Bonchev–Trinajstić information content (AvgIpc) is 3.19. The second-order valence-corrected chi connectivity index (χ2v) is 7.92. The SMILES string of the molecule is CCCOc1c(Br)cc(C(=O)N2CCN(CC3CCCO3)CC2)cc1OC. The number of carbonyl (C=O) groups is 1. The molecule has 0 N–H and O–H groups in total. The summed E-state index contributed by atoms with van der Waals surface area (Å²) in [5, 5.41) is 0. The fourth-order valence-electron chi connectivity index (χ4n) is 3.58. The van der Waals surface area contributed by atoms with Crippen molar-refractivity contribution in [1.82, 2.24) is 9.80 Å². The molecule has 2 heterocycles. The first kappa shape index (κ1) is 20.4. The number of benzene rings is 1. The highest BCUT2D eigenvalue weighted by Crippen LogP contribution is 2.37. The highest BCUT2D eigenvalue weighted by molar-refractivity contribution is 9.10. The molecule has 0 saturated carbocycles. The van der Waals surface area contributed by atoms with E-state index in [0.717, 1.165) is 63.1 Å². The lowest BCUT2D eigenvalue weighted by atomic mass is 10.1. The maximum atomic E-state index is 13.0. The van der Waals surface area contributed by atoms with Crippen LogP contribution in [0.2, 0.25) is 0 Å². The Morgan fingerprint density at radius 2 is 2.07 bits per heavy atom. The van der Waals surface area contributed by atoms with Gasteiger partial charge >= 0.3 is 0 Å². The lowest BCUT2D eigenvalue weighted by Gasteiger charge is -2.35. The van der Waals surface area contributed by atoms with Gasteiger partial charge in [-0.1, -0.05) is 6.92 Å². The summed E-state index contributed by atoms with van der Waals surface area (Å²) in [5.74, 6) is 1.27. The van der Waals surface area contributed by atoms with Crippen LogP contribution in [0.3, 0.4) is 0 Å². The van der Waals surface area contributed by atoms with Gasteiger partial charge in [-0.3, -0.25) is 9.69 Å². The fraction of sp³-hybridized carbons (Fsp3) is 0.650. The molecule has 27 heavy (non-hydrogen) atoms. The van der Waals surface area contributed by atoms with E-state index >= 15 is 0 Å². The van der Waals surface area contributed by atoms with Gasteiger partial charge < -0.3 is 19.1 Å². The van der Waals surface area contributed by atoms with Crippen molar-refractivity contribution >= 4 is 21.8 Å². The van der Waals surface area contributed by atoms with Crippen molar-refractivity contribution in [3.63, 3.8) is 0 Å². The van der Waals surface area contributed by atoms with Crippen molar-refractivity contribution in [1.29, 1.82) is 0 Å². The zero-order chi connectivity index (χ0) is 19.2. The van der Waals surface area contributed by atoms with Gasteiger partial charge in [0.15, 0.2) is 11.5 Å². The van der Waals surface area contributed by atoms with E-state index in [1.54, 1.807) is 13.2 Å². The summed E-state index contributed by atoms with van der Waals surface area (Å²) in [7, 11) is 1.60. The molecule has 2 aliphatic heterocycles. The maximum Gasteiger partial charge on any atom is 0.254 e. The second-order valence-electron chi connectivity index (χ2n) is 7.07. The van der Waals surface area contributed by atoms with Gasteiger partial charge in [0, 0.05) is 44.9 Å². The molecule has 6 nitrogen and oxygen atoms in total. The van der Waals surface area contributed by atoms with Crippen LogP contribution in [0.4, 0.5) is 0 Å². The van der Waals surface area contributed by atoms with Crippen LogP contribution in [-0.2, 0) is 4.74 Å². The summed E-state index contributed by atoms with van der Waals surface area (Å²) in [6.45, 7) is 7.77. The van der Waals surface area contributed by atoms with Crippen molar-refractivity contribution in [3.05, 3.63) is 22.2 Å². The molecule has 2 aliphatic rings. The monoisotopic (exact) mass is 440 g/mol. The molecule has 1 amide bonds. The molecular formula is C20H29BrN2O4. The summed E-state index contributed by atoms with van der Waals surface area (Å²) in [6.07, 6.45) is 3.59. The Bertz CT molecular complexity index is 641. The molecule has 3 rings (SSSR count). The van der Waals surface area contributed by atoms with E-state index in [-0.39, 0.29) is 5.91 Å². The normalized spacial score (nSPS) is 20.7. The first-order valence-corrected chi connectivity index (χ1v) is 10.5. The smallest absolute Gasteiger partial charge is 0.254 e. The minimum atomic E-state index is 0.0350. The minimum Gasteiger partial charge on any atom is -0.493 e. The highest BCUT2D eigenvalue weighted by Gasteiger charge is 2.26. The Kier molecular flexibility index (Phi) is 7.38. The van der Waals surface area contributed by atoms with Gasteiger partial charge in [-0.05, 0) is 47.3 Å². The first-order valence-electron chi connectivity index (χ1n) is 9.76. The van der Waals surface area contributed by atoms with E-state index in [4.69, 9.17) is 14.2 Å². The lowest BCUT2D eigenvalue weighted by molar-refractivity contribution is 0.0432. The van der Waals surface area contributed by atoms with Crippen molar-refractivity contribution in [2.75, 3.05) is 53.0 Å². The Morgan fingerprint density at radius 1 is 1.30 bits per heavy atom. The van der Waals surface area contributed by atoms with E-state index in [2.05, 4.69) is 27.8 Å². The highest BCUT2D eigenvalue weighted by atomic mass is 79.9. The first-order chi connectivity index (χ1) is 13.1. The number of amides is 1. The number of hydrogen-bond donors (Lipinski definition) is 0. The van der Waals surface area contributed by atoms with Crippen LogP contribution in [0.15, 0.2) is 16.6 Å². The molecule has 1 unspecified atom stereocenters. The molecule has 0 aromatic heterocycles. The van der Waals surface area contributed by atoms with Crippen molar-refractivity contribution in [2.45, 2.75) is 32.3 Å². The molecule has 2 fully saturated rings. The average molecular weight is 441 g/mol. The van der Waals surface area contributed by atoms with E-state index in [1.165, 1.54) is 0 Å². The quantitative estimate of drug-likeness (QED) is 0.651. The predicted octanol–water partition coefficient (Wildman–Crippen LogP) is 3.18. The van der Waals surface area contributed by atoms with Crippen LogP contribution in [0.1, 0.15) is 36.5 Å². The molecule has 0 spiro atoms. The third-order valence-electron chi connectivity index (χ3n) is 5.07. The van der Waals surface area contributed by atoms with Crippen LogP contribution in [0.25, 0.3) is 0 Å². The fourth-order valence-corrected chi connectivity index (χ4v) is 4.14. The number of carbonyl (C=O) groups excluding carboxylic acids is 1. The van der Waals surface area contributed by atoms with Gasteiger partial charge in [0.25, 0.3) is 5.91 Å². The maximum absolute atomic E-state index is 13.0. The largest absolute Gasteiger partial charge is 0.493 e. The standard InChI is InChI=1S/C20H29BrN2O4/c1-3-10-27-19-17(21)12-15(13-18(19)25-2)20(24)23-8-6-22(7-9-23)14-16-5-4-11-26-16/h12-13,16H,3-11,14H2,1-2H3. The number of rotatable bonds is 7. The van der Waals surface area contributed by atoms with Gasteiger partial charge in [0.2, 0.25) is 0 Å². The molecule has 2 saturated heterocycles. The number of hydrogen-bond acceptors (Lipinski definition) is 5. The molecule has 1 aromatic rings. The lowest BCUT2D eigenvalue weighted by Crippen LogP contribution is -2.50. The molecule has 0 bridgehead atoms. The van der Waals surface area contributed by atoms with Crippen LogP contribution in [0, 0.1) is 0 Å². The summed E-state index contributed by atoms with van der Waals surface area (Å²) in [6, 6.07) is 3.60. The number of nitrogens with zero attached hydrogens (tertiary/aromatic N) is 2. The van der Waals surface area contributed by atoms with Crippen LogP contribution in [-0.4, -0.2) is 74.9 Å². The Morgan fingerprint density at radius 3 is 2.70 bits per heavy atom. The van der Waals surface area contributed by atoms with Gasteiger partial charge in [0.05, 0.1) is 24.3 Å². The molecule has 150 valence electrons. The van der Waals surface area contributed by atoms with Crippen molar-refractivity contribution in [3.8, 4) is 11.5 Å². The Labute approximate surface area is 169 Å². The Hall–Kier alpha value is -1.31. The molecule has 1 atom stereocenters. The van der Waals surface area contributed by atoms with Gasteiger partial charge in [-0.25, -0.2) is 0 Å². The van der Waals surface area contributed by atoms with E-state index in [9.17, 15) is 4.79 Å². The summed E-state index contributed by atoms with van der Waals surface area (Å²) < 4.78 is 17.7. The number of methoxy groups -OCH3 is 1. The second kappa shape index (κ2) is 9.75. The summed E-state index contributed by atoms with van der Waals surface area (Å²) in [5.41, 5.74) is 0.621. The van der Waals surface area contributed by atoms with E-state index in [0.29, 0.717) is 29.8 Å². The zero-order valence-corrected chi connectivity index (χ0v) is 17.8. The number of halogens is 1. The summed E-state index contributed by atoms with van der Waals surface area (Å²) in [4.78, 5) is 17.3. The van der Waals surface area contributed by atoms with Crippen LogP contribution >= 0.6 is 15.9 Å². The molecule has 7 heteroatoms. The minimum absolute atomic E-state index is 0.0350. The van der Waals surface area contributed by atoms with Gasteiger partial charge in [0.1, 0.15) is 0 Å². The zero-order valence-electron chi connectivity index (χ0n) is 16.2. The molecule has 1 aromatic carbocycles. The van der Waals surface area contributed by atoms with E-state index < -0.39 is 0 Å². The molecular weight excluding hydrogens is 412 g/mol. The topological polar surface area (TPSA) is 51.2 Å².